The summed E-state index contributed by atoms with van der Waals surface area (Å²) in [5.74, 6) is 0. The molecule has 25 heavy (non-hydrogen) atoms. The van der Waals surface area contributed by atoms with Crippen LogP contribution < -0.4 is 5.32 Å². The standard InChI is InChI=1S/C17H28N4O4/c1-3-13-17(25-14(22)18-13)5-8-20(9-6-17)21-11-16(12-21)4-7-19(10-16)15(23)24-2/h13H,3-12H2,1-2H3,(H,18,22). The summed E-state index contributed by atoms with van der Waals surface area (Å²) >= 11 is 0. The van der Waals surface area contributed by atoms with Gasteiger partial charge in [0.1, 0.15) is 5.60 Å². The van der Waals surface area contributed by atoms with Gasteiger partial charge < -0.3 is 19.7 Å². The van der Waals surface area contributed by atoms with Crippen LogP contribution in [-0.2, 0) is 9.47 Å². The molecule has 1 unspecified atom stereocenters. The number of methoxy groups -OCH3 is 1. The van der Waals surface area contributed by atoms with Crippen molar-refractivity contribution in [1.82, 2.24) is 20.2 Å². The summed E-state index contributed by atoms with van der Waals surface area (Å²) in [5.41, 5.74) is -0.0867. The van der Waals surface area contributed by atoms with E-state index in [1.165, 1.54) is 7.11 Å². The molecule has 0 bridgehead atoms. The zero-order valence-electron chi connectivity index (χ0n) is 15.1. The van der Waals surface area contributed by atoms with E-state index in [9.17, 15) is 9.59 Å². The maximum Gasteiger partial charge on any atom is 0.409 e. The first-order valence-corrected chi connectivity index (χ1v) is 9.31. The maximum absolute atomic E-state index is 11.7. The van der Waals surface area contributed by atoms with E-state index in [1.807, 2.05) is 4.90 Å². The van der Waals surface area contributed by atoms with Crippen molar-refractivity contribution >= 4 is 12.2 Å². The van der Waals surface area contributed by atoms with Crippen LogP contribution in [-0.4, -0.2) is 85.1 Å². The van der Waals surface area contributed by atoms with E-state index in [2.05, 4.69) is 22.3 Å². The highest BCUT2D eigenvalue weighted by molar-refractivity contribution is 5.71. The Morgan fingerprint density at radius 2 is 1.92 bits per heavy atom. The molecule has 1 N–H and O–H groups in total. The number of carbonyl (C=O) groups excluding carboxylic acids is 2. The van der Waals surface area contributed by atoms with E-state index >= 15 is 0 Å². The minimum atomic E-state index is -0.320. The number of nitrogens with one attached hydrogen (secondary N) is 1. The van der Waals surface area contributed by atoms with Gasteiger partial charge in [-0.1, -0.05) is 6.92 Å². The average Bonchev–Trinajstić information content (AvgIpc) is 3.16. The Labute approximate surface area is 148 Å². The molecular formula is C17H28N4O4. The number of ether oxygens (including phenoxy) is 2. The largest absolute Gasteiger partial charge is 0.453 e. The summed E-state index contributed by atoms with van der Waals surface area (Å²) in [7, 11) is 1.44. The molecule has 0 aromatic carbocycles. The number of likely N-dealkylation sites (tertiary alicyclic amines) is 1. The molecule has 4 saturated heterocycles. The minimum absolute atomic E-state index is 0.133. The molecule has 1 atom stereocenters. The molecule has 0 aromatic heterocycles. The maximum atomic E-state index is 11.7. The number of carbonyl (C=O) groups is 2. The van der Waals surface area contributed by atoms with E-state index in [0.29, 0.717) is 0 Å². The van der Waals surface area contributed by atoms with E-state index in [-0.39, 0.29) is 29.2 Å². The Bertz CT molecular complexity index is 555. The third kappa shape index (κ3) is 2.75. The molecule has 4 rings (SSSR count). The summed E-state index contributed by atoms with van der Waals surface area (Å²) in [6.07, 6.45) is 3.23. The highest BCUT2D eigenvalue weighted by Gasteiger charge is 2.54. The number of hydrogen-bond acceptors (Lipinski definition) is 6. The van der Waals surface area contributed by atoms with Crippen molar-refractivity contribution in [3.05, 3.63) is 0 Å². The molecule has 4 aliphatic heterocycles. The van der Waals surface area contributed by atoms with Gasteiger partial charge in [0.25, 0.3) is 0 Å². The molecule has 4 aliphatic rings. The molecule has 0 radical (unpaired) electrons. The van der Waals surface area contributed by atoms with Gasteiger partial charge in [-0.2, -0.15) is 0 Å². The number of nitrogens with zero attached hydrogens (tertiary/aromatic N) is 3. The van der Waals surface area contributed by atoms with Crippen molar-refractivity contribution in [2.24, 2.45) is 5.41 Å². The van der Waals surface area contributed by atoms with Gasteiger partial charge in [-0.15, -0.1) is 0 Å². The topological polar surface area (TPSA) is 74.4 Å². The van der Waals surface area contributed by atoms with Gasteiger partial charge in [-0.25, -0.2) is 19.6 Å². The van der Waals surface area contributed by atoms with Crippen molar-refractivity contribution in [3.8, 4) is 0 Å². The fraction of sp³-hybridized carbons (Fsp3) is 0.882. The van der Waals surface area contributed by atoms with Gasteiger partial charge in [-0.05, 0) is 12.8 Å². The molecule has 0 aromatic rings. The minimum Gasteiger partial charge on any atom is -0.453 e. The fourth-order valence-electron chi connectivity index (χ4n) is 5.05. The quantitative estimate of drug-likeness (QED) is 0.800. The number of piperidine rings is 1. The van der Waals surface area contributed by atoms with E-state index in [4.69, 9.17) is 9.47 Å². The Morgan fingerprint density at radius 3 is 2.56 bits per heavy atom. The van der Waals surface area contributed by atoms with Crippen LogP contribution in [0.15, 0.2) is 0 Å². The highest BCUT2D eigenvalue weighted by Crippen LogP contribution is 2.42. The summed E-state index contributed by atoms with van der Waals surface area (Å²) in [5, 5.41) is 7.75. The second-order valence-corrected chi connectivity index (χ2v) is 7.98. The van der Waals surface area contributed by atoms with Crippen molar-refractivity contribution in [2.75, 3.05) is 46.4 Å². The lowest BCUT2D eigenvalue weighted by molar-refractivity contribution is -0.173. The molecule has 8 heteroatoms. The third-order valence-electron chi connectivity index (χ3n) is 6.52. The first kappa shape index (κ1) is 16.9. The smallest absolute Gasteiger partial charge is 0.409 e. The predicted octanol–water partition coefficient (Wildman–Crippen LogP) is 1.03. The van der Waals surface area contributed by atoms with E-state index in [0.717, 1.165) is 65.0 Å². The lowest BCUT2D eigenvalue weighted by atomic mass is 9.79. The second kappa shape index (κ2) is 6.02. The fourth-order valence-corrected chi connectivity index (χ4v) is 5.05. The zero-order valence-corrected chi connectivity index (χ0v) is 15.1. The molecule has 2 amide bonds. The normalized spacial score (nSPS) is 31.0. The van der Waals surface area contributed by atoms with Crippen LogP contribution in [0.3, 0.4) is 0 Å². The van der Waals surface area contributed by atoms with Gasteiger partial charge in [-0.3, -0.25) is 0 Å². The van der Waals surface area contributed by atoms with Gasteiger partial charge in [0.2, 0.25) is 0 Å². The first-order chi connectivity index (χ1) is 12.0. The van der Waals surface area contributed by atoms with Gasteiger partial charge >= 0.3 is 12.2 Å². The van der Waals surface area contributed by atoms with Crippen LogP contribution in [0.25, 0.3) is 0 Å². The van der Waals surface area contributed by atoms with E-state index in [1.54, 1.807) is 0 Å². The summed E-state index contributed by atoms with van der Waals surface area (Å²) in [6, 6.07) is 0.133. The van der Waals surface area contributed by atoms with Gasteiger partial charge in [0, 0.05) is 57.5 Å². The number of rotatable bonds is 2. The molecule has 4 heterocycles. The van der Waals surface area contributed by atoms with Crippen LogP contribution in [0.1, 0.15) is 32.6 Å². The lowest BCUT2D eigenvalue weighted by Gasteiger charge is -2.54. The molecular weight excluding hydrogens is 324 g/mol. The molecule has 2 spiro atoms. The zero-order chi connectivity index (χ0) is 17.7. The van der Waals surface area contributed by atoms with Gasteiger partial charge in [0.05, 0.1) is 13.2 Å². The molecule has 8 nitrogen and oxygen atoms in total. The van der Waals surface area contributed by atoms with Crippen LogP contribution in [0.5, 0.6) is 0 Å². The molecule has 0 aliphatic carbocycles. The number of hydrazine groups is 1. The lowest BCUT2D eigenvalue weighted by Crippen LogP contribution is -2.66. The average molecular weight is 352 g/mol. The molecule has 0 saturated carbocycles. The monoisotopic (exact) mass is 352 g/mol. The number of alkyl carbamates (subject to hydrolysis) is 1. The van der Waals surface area contributed by atoms with Crippen LogP contribution >= 0.6 is 0 Å². The SMILES string of the molecule is CCC1NC(=O)OC12CCN(N1CC3(CCN(C(=O)OC)C3)C1)CC2. The third-order valence-corrected chi connectivity index (χ3v) is 6.52. The van der Waals surface area contributed by atoms with Crippen LogP contribution in [0.2, 0.25) is 0 Å². The van der Waals surface area contributed by atoms with Crippen molar-refractivity contribution in [1.29, 1.82) is 0 Å². The Hall–Kier alpha value is -1.54. The van der Waals surface area contributed by atoms with Crippen LogP contribution in [0, 0.1) is 5.41 Å². The van der Waals surface area contributed by atoms with Crippen LogP contribution in [0.4, 0.5) is 9.59 Å². The predicted molar refractivity (Wildman–Crippen MR) is 89.8 cm³/mol. The Morgan fingerprint density at radius 1 is 1.20 bits per heavy atom. The Balaban J connectivity index is 1.29. The summed E-state index contributed by atoms with van der Waals surface area (Å²) in [4.78, 5) is 25.2. The number of amides is 2. The van der Waals surface area contributed by atoms with E-state index < -0.39 is 0 Å². The van der Waals surface area contributed by atoms with Crippen molar-refractivity contribution in [2.45, 2.75) is 44.2 Å². The first-order valence-electron chi connectivity index (χ1n) is 9.31. The second-order valence-electron chi connectivity index (χ2n) is 7.98. The Kier molecular flexibility index (Phi) is 4.07. The van der Waals surface area contributed by atoms with Gasteiger partial charge in [0.15, 0.2) is 0 Å². The molecule has 4 fully saturated rings. The van der Waals surface area contributed by atoms with Crippen molar-refractivity contribution in [3.63, 3.8) is 0 Å². The van der Waals surface area contributed by atoms with Crippen molar-refractivity contribution < 1.29 is 19.1 Å². The summed E-state index contributed by atoms with van der Waals surface area (Å²) in [6.45, 7) is 7.53. The highest BCUT2D eigenvalue weighted by atomic mass is 16.6. The number of hydrogen-bond donors (Lipinski definition) is 1. The molecule has 140 valence electrons. The summed E-state index contributed by atoms with van der Waals surface area (Å²) < 4.78 is 10.5.